The number of carbonyl (C=O) groups excluding carboxylic acids is 2. The van der Waals surface area contributed by atoms with E-state index in [2.05, 4.69) is 34.5 Å². The zero-order valence-electron chi connectivity index (χ0n) is 17.3. The molecule has 0 spiro atoms. The Hall–Kier alpha value is -2.70. The van der Waals surface area contributed by atoms with Crippen LogP contribution in [0.1, 0.15) is 28.8 Å². The first kappa shape index (κ1) is 20.6. The lowest BCUT2D eigenvalue weighted by Crippen LogP contribution is -2.43. The molecule has 1 aliphatic heterocycles. The smallest absolute Gasteiger partial charge is 0.328 e. The van der Waals surface area contributed by atoms with Crippen molar-refractivity contribution in [2.45, 2.75) is 25.4 Å². The van der Waals surface area contributed by atoms with Gasteiger partial charge < -0.3 is 14.8 Å². The SMILES string of the molecule is COC(=O)C(NC(=O)c1ccc(-c2ccc(CN3CCOCC3)cc2)cc1)C1CC1. The third-order valence-corrected chi connectivity index (χ3v) is 5.78. The summed E-state index contributed by atoms with van der Waals surface area (Å²) in [5.74, 6) is -0.430. The third-order valence-electron chi connectivity index (χ3n) is 5.78. The molecule has 6 heteroatoms. The van der Waals surface area contributed by atoms with E-state index in [0.717, 1.165) is 56.8 Å². The van der Waals surface area contributed by atoms with Gasteiger partial charge in [0, 0.05) is 25.2 Å². The van der Waals surface area contributed by atoms with Crippen LogP contribution in [0.2, 0.25) is 0 Å². The minimum Gasteiger partial charge on any atom is -0.467 e. The van der Waals surface area contributed by atoms with Gasteiger partial charge in [0.2, 0.25) is 0 Å². The van der Waals surface area contributed by atoms with Crippen molar-refractivity contribution in [3.8, 4) is 11.1 Å². The predicted molar refractivity (Wildman–Crippen MR) is 114 cm³/mol. The molecule has 2 fully saturated rings. The van der Waals surface area contributed by atoms with Gasteiger partial charge in [0.05, 0.1) is 20.3 Å². The number of benzene rings is 2. The van der Waals surface area contributed by atoms with E-state index in [1.165, 1.54) is 12.7 Å². The number of hydrogen-bond donors (Lipinski definition) is 1. The summed E-state index contributed by atoms with van der Waals surface area (Å²) in [6, 6.07) is 15.5. The summed E-state index contributed by atoms with van der Waals surface area (Å²) in [7, 11) is 1.35. The van der Waals surface area contributed by atoms with E-state index >= 15 is 0 Å². The average molecular weight is 408 g/mol. The van der Waals surface area contributed by atoms with E-state index in [4.69, 9.17) is 9.47 Å². The van der Waals surface area contributed by atoms with Gasteiger partial charge in [-0.2, -0.15) is 0 Å². The standard InChI is InChI=1S/C24H28N2O4/c1-29-24(28)22(20-8-9-20)25-23(27)21-10-6-19(7-11-21)18-4-2-17(3-5-18)16-26-12-14-30-15-13-26/h2-7,10-11,20,22H,8-9,12-16H2,1H3,(H,25,27). The second kappa shape index (κ2) is 9.41. The molecule has 1 saturated carbocycles. The van der Waals surface area contributed by atoms with E-state index < -0.39 is 6.04 Å². The summed E-state index contributed by atoms with van der Waals surface area (Å²) < 4.78 is 10.2. The molecule has 1 N–H and O–H groups in total. The molecule has 158 valence electrons. The van der Waals surface area contributed by atoms with Gasteiger partial charge in [0.15, 0.2) is 0 Å². The van der Waals surface area contributed by atoms with Crippen molar-refractivity contribution < 1.29 is 19.1 Å². The van der Waals surface area contributed by atoms with E-state index in [9.17, 15) is 9.59 Å². The fraction of sp³-hybridized carbons (Fsp3) is 0.417. The second-order valence-corrected chi connectivity index (χ2v) is 7.97. The first-order valence-electron chi connectivity index (χ1n) is 10.5. The summed E-state index contributed by atoms with van der Waals surface area (Å²) >= 11 is 0. The molecule has 1 unspecified atom stereocenters. The van der Waals surface area contributed by atoms with Crippen molar-refractivity contribution in [2.75, 3.05) is 33.4 Å². The van der Waals surface area contributed by atoms with Crippen LogP contribution in [0.25, 0.3) is 11.1 Å². The van der Waals surface area contributed by atoms with Crippen LogP contribution in [-0.2, 0) is 20.8 Å². The first-order chi connectivity index (χ1) is 14.6. The molecule has 6 nitrogen and oxygen atoms in total. The van der Waals surface area contributed by atoms with E-state index in [1.54, 1.807) is 12.1 Å². The van der Waals surface area contributed by atoms with Crippen LogP contribution in [0.15, 0.2) is 48.5 Å². The Morgan fingerprint density at radius 3 is 2.20 bits per heavy atom. The van der Waals surface area contributed by atoms with Gasteiger partial charge in [0.1, 0.15) is 6.04 Å². The predicted octanol–water partition coefficient (Wildman–Crippen LogP) is 2.87. The molecule has 0 radical (unpaired) electrons. The number of nitrogens with one attached hydrogen (secondary N) is 1. The molecule has 1 atom stereocenters. The van der Waals surface area contributed by atoms with Gasteiger partial charge in [-0.05, 0) is 47.6 Å². The lowest BCUT2D eigenvalue weighted by molar-refractivity contribution is -0.143. The number of ether oxygens (including phenoxy) is 2. The highest BCUT2D eigenvalue weighted by Crippen LogP contribution is 2.33. The van der Waals surface area contributed by atoms with Crippen molar-refractivity contribution in [1.29, 1.82) is 0 Å². The van der Waals surface area contributed by atoms with Gasteiger partial charge >= 0.3 is 5.97 Å². The lowest BCUT2D eigenvalue weighted by Gasteiger charge is -2.26. The Bertz CT molecular complexity index is 869. The number of nitrogens with zero attached hydrogens (tertiary/aromatic N) is 1. The Morgan fingerprint density at radius 1 is 1.03 bits per heavy atom. The highest BCUT2D eigenvalue weighted by atomic mass is 16.5. The molecule has 1 heterocycles. The summed E-state index contributed by atoms with van der Waals surface area (Å²) in [6.45, 7) is 4.49. The zero-order valence-corrected chi connectivity index (χ0v) is 17.3. The average Bonchev–Trinajstić information content (AvgIpc) is 3.63. The number of rotatable bonds is 7. The Kier molecular flexibility index (Phi) is 6.45. The number of esters is 1. The van der Waals surface area contributed by atoms with Crippen LogP contribution in [0.5, 0.6) is 0 Å². The largest absolute Gasteiger partial charge is 0.467 e. The summed E-state index contributed by atoms with van der Waals surface area (Å²) in [5.41, 5.74) is 3.98. The number of methoxy groups -OCH3 is 1. The van der Waals surface area contributed by atoms with Gasteiger partial charge in [-0.3, -0.25) is 9.69 Å². The van der Waals surface area contributed by atoms with E-state index in [-0.39, 0.29) is 17.8 Å². The van der Waals surface area contributed by atoms with Crippen LogP contribution in [0, 0.1) is 5.92 Å². The molecule has 30 heavy (non-hydrogen) atoms. The topological polar surface area (TPSA) is 67.9 Å². The Morgan fingerprint density at radius 2 is 1.63 bits per heavy atom. The highest BCUT2D eigenvalue weighted by Gasteiger charge is 2.38. The molecule has 1 aliphatic carbocycles. The van der Waals surface area contributed by atoms with Crippen LogP contribution in [0.4, 0.5) is 0 Å². The molecule has 1 saturated heterocycles. The Balaban J connectivity index is 1.37. The van der Waals surface area contributed by atoms with Gasteiger partial charge in [-0.25, -0.2) is 4.79 Å². The maximum Gasteiger partial charge on any atom is 0.328 e. The maximum absolute atomic E-state index is 12.6. The molecular formula is C24H28N2O4. The van der Waals surface area contributed by atoms with Gasteiger partial charge in [-0.15, -0.1) is 0 Å². The molecule has 0 aromatic heterocycles. The number of hydrogen-bond acceptors (Lipinski definition) is 5. The molecule has 0 bridgehead atoms. The Labute approximate surface area is 177 Å². The van der Waals surface area contributed by atoms with Crippen molar-refractivity contribution in [3.63, 3.8) is 0 Å². The van der Waals surface area contributed by atoms with Gasteiger partial charge in [0.25, 0.3) is 5.91 Å². The molecular weight excluding hydrogens is 380 g/mol. The minimum absolute atomic E-state index is 0.191. The van der Waals surface area contributed by atoms with Gasteiger partial charge in [-0.1, -0.05) is 36.4 Å². The summed E-state index contributed by atoms with van der Waals surface area (Å²) in [6.07, 6.45) is 1.89. The first-order valence-corrected chi connectivity index (χ1v) is 10.5. The highest BCUT2D eigenvalue weighted by molar-refractivity contribution is 5.97. The fourth-order valence-corrected chi connectivity index (χ4v) is 3.78. The molecule has 1 amide bonds. The fourth-order valence-electron chi connectivity index (χ4n) is 3.78. The quantitative estimate of drug-likeness (QED) is 0.714. The van der Waals surface area contributed by atoms with Crippen molar-refractivity contribution in [1.82, 2.24) is 10.2 Å². The maximum atomic E-state index is 12.6. The van der Waals surface area contributed by atoms with Crippen LogP contribution < -0.4 is 5.32 Å². The zero-order chi connectivity index (χ0) is 20.9. The monoisotopic (exact) mass is 408 g/mol. The summed E-state index contributed by atoms with van der Waals surface area (Å²) in [4.78, 5) is 26.9. The second-order valence-electron chi connectivity index (χ2n) is 7.97. The molecule has 2 aliphatic rings. The van der Waals surface area contributed by atoms with Crippen LogP contribution in [-0.4, -0.2) is 56.2 Å². The van der Waals surface area contributed by atoms with E-state index in [0.29, 0.717) is 5.56 Å². The van der Waals surface area contributed by atoms with Crippen molar-refractivity contribution >= 4 is 11.9 Å². The van der Waals surface area contributed by atoms with Crippen molar-refractivity contribution in [2.24, 2.45) is 5.92 Å². The summed E-state index contributed by atoms with van der Waals surface area (Å²) in [5, 5.41) is 2.82. The van der Waals surface area contributed by atoms with E-state index in [1.807, 2.05) is 12.1 Å². The van der Waals surface area contributed by atoms with Crippen molar-refractivity contribution in [3.05, 3.63) is 59.7 Å². The molecule has 2 aromatic rings. The number of carbonyl (C=O) groups is 2. The third kappa shape index (κ3) is 5.07. The minimum atomic E-state index is -0.554. The molecule has 2 aromatic carbocycles. The van der Waals surface area contributed by atoms with Crippen LogP contribution >= 0.6 is 0 Å². The number of amides is 1. The van der Waals surface area contributed by atoms with Crippen LogP contribution in [0.3, 0.4) is 0 Å². The number of morpholine rings is 1. The normalized spacial score (nSPS) is 17.9. The molecule has 4 rings (SSSR count). The lowest BCUT2D eigenvalue weighted by atomic mass is 10.0.